The Morgan fingerprint density at radius 3 is 2.65 bits per heavy atom. The third kappa shape index (κ3) is 3.56. The van der Waals surface area contributed by atoms with Crippen LogP contribution in [0.1, 0.15) is 52.9 Å². The topological polar surface area (TPSA) is 92.4 Å². The molecular weight excluding hydrogens is 413 g/mol. The van der Waals surface area contributed by atoms with Gasteiger partial charge in [0.15, 0.2) is 0 Å². The van der Waals surface area contributed by atoms with Crippen molar-refractivity contribution in [3.8, 4) is 11.5 Å². The molecule has 2 aliphatic rings. The van der Waals surface area contributed by atoms with Crippen molar-refractivity contribution >= 4 is 5.91 Å². The summed E-state index contributed by atoms with van der Waals surface area (Å²) in [6, 6.07) is 8.49. The number of hydrogen-bond acceptors (Lipinski definition) is 6. The molecule has 1 saturated carbocycles. The molecule has 1 amide bonds. The molecule has 2 atom stereocenters. The lowest BCUT2D eigenvalue weighted by Gasteiger charge is -2.31. The van der Waals surface area contributed by atoms with Crippen LogP contribution in [0.4, 0.5) is 13.2 Å². The summed E-state index contributed by atoms with van der Waals surface area (Å²) in [6.07, 6.45) is -2.32. The molecule has 1 aromatic carbocycles. The fraction of sp³-hybridized carbons (Fsp3) is 0.333. The van der Waals surface area contributed by atoms with E-state index in [1.165, 1.54) is 24.3 Å². The number of carbonyl (C=O) groups excluding carboxylic acids is 1. The number of halogens is 3. The Morgan fingerprint density at radius 1 is 1.16 bits per heavy atom. The van der Waals surface area contributed by atoms with E-state index in [0.29, 0.717) is 11.1 Å². The van der Waals surface area contributed by atoms with Crippen LogP contribution in [0, 0.1) is 11.9 Å². The van der Waals surface area contributed by atoms with E-state index < -0.39 is 30.4 Å². The molecule has 0 radical (unpaired) electrons. The quantitative estimate of drug-likeness (QED) is 0.600. The number of carbonyl (C=O) groups is 1. The lowest BCUT2D eigenvalue weighted by atomic mass is 10.0. The molecule has 0 spiro atoms. The number of aliphatic hydroxyl groups excluding tert-OH is 1. The van der Waals surface area contributed by atoms with Gasteiger partial charge in [0.2, 0.25) is 11.8 Å². The number of rotatable bonds is 6. The summed E-state index contributed by atoms with van der Waals surface area (Å²) in [5.74, 6) is -1.82. The smallest absolute Gasteiger partial charge is 0.314 e. The minimum absolute atomic E-state index is 0.0855. The van der Waals surface area contributed by atoms with Gasteiger partial charge in [-0.2, -0.15) is 13.2 Å². The van der Waals surface area contributed by atoms with Crippen molar-refractivity contribution in [3.63, 3.8) is 0 Å². The van der Waals surface area contributed by atoms with Crippen LogP contribution in [0.2, 0.25) is 0 Å². The summed E-state index contributed by atoms with van der Waals surface area (Å²) in [5, 5.41) is 17.9. The molecule has 0 saturated heterocycles. The second kappa shape index (κ2) is 7.45. The number of aromatic nitrogens is 3. The zero-order chi connectivity index (χ0) is 21.7. The third-order valence-corrected chi connectivity index (χ3v) is 5.64. The van der Waals surface area contributed by atoms with E-state index in [9.17, 15) is 23.1 Å². The average Bonchev–Trinajstić information content (AvgIpc) is 3.36. The zero-order valence-electron chi connectivity index (χ0n) is 16.1. The normalized spacial score (nSPS) is 17.8. The van der Waals surface area contributed by atoms with E-state index in [0.717, 1.165) is 18.4 Å². The molecule has 5 rings (SSSR count). The van der Waals surface area contributed by atoms with Gasteiger partial charge in [-0.25, -0.2) is 4.98 Å². The Labute approximate surface area is 174 Å². The largest absolute Gasteiger partial charge is 0.415 e. The lowest BCUT2D eigenvalue weighted by molar-refractivity contribution is 0.0274. The van der Waals surface area contributed by atoms with E-state index in [-0.39, 0.29) is 30.0 Å². The fourth-order valence-corrected chi connectivity index (χ4v) is 4.02. The minimum atomic E-state index is -2.88. The van der Waals surface area contributed by atoms with Gasteiger partial charge in [0.05, 0.1) is 11.7 Å². The number of fused-ring (bicyclic) bond motifs is 1. The maximum absolute atomic E-state index is 13.6. The molecule has 1 N–H and O–H groups in total. The number of alkyl halides is 2. The van der Waals surface area contributed by atoms with Crippen LogP contribution in [0.3, 0.4) is 0 Å². The molecule has 10 heteroatoms. The molecule has 3 aromatic rings. The Morgan fingerprint density at radius 2 is 1.97 bits per heavy atom. The van der Waals surface area contributed by atoms with Crippen LogP contribution in [-0.2, 0) is 6.54 Å². The van der Waals surface area contributed by atoms with Crippen molar-refractivity contribution < 1.29 is 27.5 Å². The van der Waals surface area contributed by atoms with Gasteiger partial charge in [-0.3, -0.25) is 4.79 Å². The van der Waals surface area contributed by atoms with Crippen LogP contribution in [0.5, 0.6) is 0 Å². The van der Waals surface area contributed by atoms with E-state index >= 15 is 0 Å². The third-order valence-electron chi connectivity index (χ3n) is 5.64. The maximum atomic E-state index is 13.6. The number of amides is 1. The van der Waals surface area contributed by atoms with Gasteiger partial charge in [-0.15, -0.1) is 10.2 Å². The predicted octanol–water partition coefficient (Wildman–Crippen LogP) is 3.68. The van der Waals surface area contributed by atoms with E-state index in [1.54, 1.807) is 17.0 Å². The predicted molar refractivity (Wildman–Crippen MR) is 100 cm³/mol. The van der Waals surface area contributed by atoms with Crippen LogP contribution in [0.25, 0.3) is 11.5 Å². The first-order chi connectivity index (χ1) is 14.9. The lowest BCUT2D eigenvalue weighted by Crippen LogP contribution is -2.41. The second-order valence-corrected chi connectivity index (χ2v) is 7.71. The molecule has 2 unspecified atom stereocenters. The van der Waals surface area contributed by atoms with Gasteiger partial charge in [-0.1, -0.05) is 12.1 Å². The highest BCUT2D eigenvalue weighted by Crippen LogP contribution is 2.43. The van der Waals surface area contributed by atoms with Gasteiger partial charge in [0, 0.05) is 17.7 Å². The maximum Gasteiger partial charge on any atom is 0.314 e. The van der Waals surface area contributed by atoms with Crippen molar-refractivity contribution in [2.75, 3.05) is 0 Å². The molecule has 2 aromatic heterocycles. The first-order valence-electron chi connectivity index (χ1n) is 9.78. The molecular formula is C21H17F3N4O3. The van der Waals surface area contributed by atoms with E-state index in [4.69, 9.17) is 4.42 Å². The molecule has 31 heavy (non-hydrogen) atoms. The second-order valence-electron chi connectivity index (χ2n) is 7.71. The van der Waals surface area contributed by atoms with Crippen LogP contribution in [0.15, 0.2) is 40.8 Å². The Bertz CT molecular complexity index is 1150. The van der Waals surface area contributed by atoms with Crippen molar-refractivity contribution in [1.82, 2.24) is 20.1 Å². The highest BCUT2D eigenvalue weighted by atomic mass is 19.3. The van der Waals surface area contributed by atoms with Gasteiger partial charge in [0.25, 0.3) is 11.8 Å². The summed E-state index contributed by atoms with van der Waals surface area (Å²) in [7, 11) is 0. The van der Waals surface area contributed by atoms with Crippen molar-refractivity contribution in [2.24, 2.45) is 5.92 Å². The molecule has 3 heterocycles. The highest BCUT2D eigenvalue weighted by Gasteiger charge is 2.45. The monoisotopic (exact) mass is 430 g/mol. The number of nitrogens with zero attached hydrogens (tertiary/aromatic N) is 4. The number of benzene rings is 1. The molecule has 0 bridgehead atoms. The van der Waals surface area contributed by atoms with Crippen LogP contribution in [-0.4, -0.2) is 37.1 Å². The average molecular weight is 430 g/mol. The number of aliphatic hydroxyl groups is 1. The Kier molecular flexibility index (Phi) is 4.73. The summed E-state index contributed by atoms with van der Waals surface area (Å²) in [4.78, 5) is 18.6. The van der Waals surface area contributed by atoms with Crippen molar-refractivity contribution in [1.29, 1.82) is 0 Å². The highest BCUT2D eigenvalue weighted by molar-refractivity contribution is 5.99. The Balaban J connectivity index is 1.44. The Hall–Kier alpha value is -3.27. The summed E-state index contributed by atoms with van der Waals surface area (Å²) >= 11 is 0. The number of hydrogen-bond donors (Lipinski definition) is 1. The summed E-state index contributed by atoms with van der Waals surface area (Å²) in [5.41, 5.74) is 1.63. The molecule has 1 fully saturated rings. The first-order valence-corrected chi connectivity index (χ1v) is 9.78. The van der Waals surface area contributed by atoms with Gasteiger partial charge in [-0.05, 0) is 48.6 Å². The molecule has 160 valence electrons. The van der Waals surface area contributed by atoms with Gasteiger partial charge >= 0.3 is 6.43 Å². The van der Waals surface area contributed by atoms with E-state index in [1.807, 2.05) is 0 Å². The zero-order valence-corrected chi connectivity index (χ0v) is 16.1. The standard InChI is InChI=1S/C21H17F3N4O3/c22-15-3-1-2-14(25-15)17(29)16(10-4-5-10)28-9-12-7-6-11(8-13(12)21(28)30)19-26-27-20(31-19)18(23)24/h1-3,6-8,10,16-18,29H,4-5,9H2. The minimum Gasteiger partial charge on any atom is -0.415 e. The molecule has 1 aliphatic heterocycles. The first kappa shape index (κ1) is 19.7. The summed E-state index contributed by atoms with van der Waals surface area (Å²) < 4.78 is 44.0. The SMILES string of the molecule is O=C1c2cc(-c3nnc(C(F)F)o3)ccc2CN1C(C1CC1)C(O)c1cccc(F)n1. The van der Waals surface area contributed by atoms with Gasteiger partial charge < -0.3 is 14.4 Å². The number of pyridine rings is 1. The van der Waals surface area contributed by atoms with E-state index in [2.05, 4.69) is 15.2 Å². The molecule has 7 nitrogen and oxygen atoms in total. The fourth-order valence-electron chi connectivity index (χ4n) is 4.02. The van der Waals surface area contributed by atoms with Crippen molar-refractivity contribution in [3.05, 3.63) is 65.1 Å². The molecule has 1 aliphatic carbocycles. The summed E-state index contributed by atoms with van der Waals surface area (Å²) in [6.45, 7) is 0.272. The van der Waals surface area contributed by atoms with Crippen LogP contribution >= 0.6 is 0 Å². The van der Waals surface area contributed by atoms with Gasteiger partial charge in [0.1, 0.15) is 6.10 Å². The van der Waals surface area contributed by atoms with Crippen molar-refractivity contribution in [2.45, 2.75) is 38.0 Å². The van der Waals surface area contributed by atoms with Crippen LogP contribution < -0.4 is 0 Å².